The number of methoxy groups -OCH3 is 3. The number of anilines is 1. The topological polar surface area (TPSA) is 98.4 Å². The van der Waals surface area contributed by atoms with Gasteiger partial charge >= 0.3 is 5.97 Å². The zero-order valence-corrected chi connectivity index (χ0v) is 21.2. The van der Waals surface area contributed by atoms with Gasteiger partial charge in [0.05, 0.1) is 32.4 Å². The van der Waals surface area contributed by atoms with E-state index in [4.69, 9.17) is 31.2 Å². The van der Waals surface area contributed by atoms with E-state index >= 15 is 0 Å². The standard InChI is InChI=1S/C25H29N3O6S/c1-15-21(24(30)34-11-10-31-3)22(27-25(35)28(15)2)16-6-8-18(9-7-16)26-23(29)17-12-19(32-4)14-20(13-17)33-5/h6-9,12-14,22H,10-11H2,1-5H3,(H,26,29)(H,27,35)/t22-/m1/s1. The van der Waals surface area contributed by atoms with Gasteiger partial charge in [0.2, 0.25) is 0 Å². The van der Waals surface area contributed by atoms with Crippen LogP contribution in [0.3, 0.4) is 0 Å². The average Bonchev–Trinajstić information content (AvgIpc) is 2.87. The highest BCUT2D eigenvalue weighted by atomic mass is 32.1. The first-order chi connectivity index (χ1) is 16.8. The molecule has 10 heteroatoms. The van der Waals surface area contributed by atoms with Crippen LogP contribution in [0.25, 0.3) is 0 Å². The molecule has 1 amide bonds. The van der Waals surface area contributed by atoms with Gasteiger partial charge in [0.25, 0.3) is 5.91 Å². The van der Waals surface area contributed by atoms with Gasteiger partial charge in [0.1, 0.15) is 18.1 Å². The maximum Gasteiger partial charge on any atom is 0.338 e. The summed E-state index contributed by atoms with van der Waals surface area (Å²) in [4.78, 5) is 27.4. The molecular formula is C25H29N3O6S. The summed E-state index contributed by atoms with van der Waals surface area (Å²) in [6.07, 6.45) is 0. The lowest BCUT2D eigenvalue weighted by molar-refractivity contribution is -0.140. The quantitative estimate of drug-likeness (QED) is 0.306. The molecule has 2 aromatic rings. The molecule has 3 rings (SSSR count). The van der Waals surface area contributed by atoms with E-state index in [0.29, 0.717) is 45.7 Å². The Morgan fingerprint density at radius 1 is 1.03 bits per heavy atom. The largest absolute Gasteiger partial charge is 0.497 e. The van der Waals surface area contributed by atoms with Crippen LogP contribution in [-0.2, 0) is 14.3 Å². The Balaban J connectivity index is 1.81. The maximum atomic E-state index is 12.9. The van der Waals surface area contributed by atoms with Crippen molar-refractivity contribution in [3.05, 3.63) is 64.9 Å². The number of ether oxygens (including phenoxy) is 4. The van der Waals surface area contributed by atoms with Crippen LogP contribution in [0.1, 0.15) is 28.9 Å². The fourth-order valence-corrected chi connectivity index (χ4v) is 3.80. The molecule has 2 N–H and O–H groups in total. The number of esters is 1. The van der Waals surface area contributed by atoms with Crippen LogP contribution >= 0.6 is 12.2 Å². The van der Waals surface area contributed by atoms with Crippen LogP contribution in [-0.4, -0.2) is 63.5 Å². The summed E-state index contributed by atoms with van der Waals surface area (Å²) in [7, 11) is 6.38. The summed E-state index contributed by atoms with van der Waals surface area (Å²) < 4.78 is 20.8. The lowest BCUT2D eigenvalue weighted by atomic mass is 9.95. The molecule has 35 heavy (non-hydrogen) atoms. The number of hydrogen-bond acceptors (Lipinski definition) is 7. The molecule has 1 aliphatic rings. The monoisotopic (exact) mass is 499 g/mol. The number of nitrogens with zero attached hydrogens (tertiary/aromatic N) is 1. The van der Waals surface area contributed by atoms with E-state index in [1.807, 2.05) is 19.1 Å². The first-order valence-corrected chi connectivity index (χ1v) is 11.2. The molecule has 0 saturated heterocycles. The fraction of sp³-hybridized carbons (Fsp3) is 0.320. The number of thiocarbonyl (C=S) groups is 1. The Labute approximate surface area is 210 Å². The molecule has 0 bridgehead atoms. The second-order valence-corrected chi connectivity index (χ2v) is 8.13. The van der Waals surface area contributed by atoms with Crippen molar-refractivity contribution < 1.29 is 28.5 Å². The number of allylic oxidation sites excluding steroid dienone is 1. The number of nitrogens with one attached hydrogen (secondary N) is 2. The lowest BCUT2D eigenvalue weighted by Gasteiger charge is -2.35. The zero-order chi connectivity index (χ0) is 25.5. The van der Waals surface area contributed by atoms with Gasteiger partial charge in [0.15, 0.2) is 5.11 Å². The molecule has 0 saturated carbocycles. The van der Waals surface area contributed by atoms with Crippen molar-refractivity contribution in [2.24, 2.45) is 0 Å². The molecule has 1 heterocycles. The third-order valence-electron chi connectivity index (χ3n) is 5.61. The van der Waals surface area contributed by atoms with Crippen molar-refractivity contribution in [1.82, 2.24) is 10.2 Å². The van der Waals surface area contributed by atoms with Gasteiger partial charge in [-0.05, 0) is 49.0 Å². The summed E-state index contributed by atoms with van der Waals surface area (Å²) in [6.45, 7) is 2.27. The SMILES string of the molecule is COCCOC(=O)C1=C(C)N(C)C(=S)N[C@@H]1c1ccc(NC(=O)c2cc(OC)cc(OC)c2)cc1. The van der Waals surface area contributed by atoms with Gasteiger partial charge in [-0.25, -0.2) is 4.79 Å². The maximum absolute atomic E-state index is 12.9. The van der Waals surface area contributed by atoms with Crippen molar-refractivity contribution in [2.45, 2.75) is 13.0 Å². The van der Waals surface area contributed by atoms with Gasteiger partial charge in [-0.2, -0.15) is 0 Å². The minimum absolute atomic E-state index is 0.146. The summed E-state index contributed by atoms with van der Waals surface area (Å²) >= 11 is 5.44. The van der Waals surface area contributed by atoms with Gasteiger partial charge in [0, 0.05) is 37.2 Å². The molecule has 186 valence electrons. The van der Waals surface area contributed by atoms with Crippen LogP contribution in [0.5, 0.6) is 11.5 Å². The summed E-state index contributed by atoms with van der Waals surface area (Å²) in [6, 6.07) is 11.6. The second-order valence-electron chi connectivity index (χ2n) is 7.75. The average molecular weight is 500 g/mol. The van der Waals surface area contributed by atoms with E-state index in [2.05, 4.69) is 10.6 Å². The number of rotatable bonds is 9. The van der Waals surface area contributed by atoms with Crippen molar-refractivity contribution in [3.63, 3.8) is 0 Å². The first-order valence-electron chi connectivity index (χ1n) is 10.8. The molecule has 0 radical (unpaired) electrons. The zero-order valence-electron chi connectivity index (χ0n) is 20.3. The Bertz CT molecular complexity index is 1110. The third kappa shape index (κ3) is 6.09. The summed E-state index contributed by atoms with van der Waals surface area (Å²) in [5.41, 5.74) is 2.93. The van der Waals surface area contributed by atoms with Crippen LogP contribution in [0.2, 0.25) is 0 Å². The van der Waals surface area contributed by atoms with E-state index in [-0.39, 0.29) is 12.5 Å². The van der Waals surface area contributed by atoms with Crippen LogP contribution in [0.4, 0.5) is 5.69 Å². The molecule has 0 spiro atoms. The molecule has 1 aliphatic heterocycles. The summed E-state index contributed by atoms with van der Waals surface area (Å²) in [5, 5.41) is 6.55. The smallest absolute Gasteiger partial charge is 0.338 e. The van der Waals surface area contributed by atoms with E-state index in [9.17, 15) is 9.59 Å². The van der Waals surface area contributed by atoms with E-state index in [0.717, 1.165) is 5.56 Å². The number of amides is 1. The molecule has 0 fully saturated rings. The van der Waals surface area contributed by atoms with Crippen molar-refractivity contribution >= 4 is 34.9 Å². The fourth-order valence-electron chi connectivity index (χ4n) is 3.55. The molecule has 1 atom stereocenters. The normalized spacial score (nSPS) is 15.4. The number of hydrogen-bond donors (Lipinski definition) is 2. The van der Waals surface area contributed by atoms with E-state index < -0.39 is 12.0 Å². The van der Waals surface area contributed by atoms with Crippen molar-refractivity contribution in [1.29, 1.82) is 0 Å². The van der Waals surface area contributed by atoms with Crippen LogP contribution in [0.15, 0.2) is 53.7 Å². The Morgan fingerprint density at radius 3 is 2.23 bits per heavy atom. The Kier molecular flexibility index (Phi) is 8.67. The van der Waals surface area contributed by atoms with Crippen LogP contribution < -0.4 is 20.1 Å². The van der Waals surface area contributed by atoms with Gasteiger partial charge in [-0.1, -0.05) is 12.1 Å². The van der Waals surface area contributed by atoms with Crippen molar-refractivity contribution in [2.75, 3.05) is 46.9 Å². The molecule has 0 unspecified atom stereocenters. The minimum atomic E-state index is -0.499. The molecular weight excluding hydrogens is 470 g/mol. The lowest BCUT2D eigenvalue weighted by Crippen LogP contribution is -2.46. The predicted molar refractivity (Wildman–Crippen MR) is 136 cm³/mol. The molecule has 9 nitrogen and oxygen atoms in total. The Hall–Kier alpha value is -3.63. The first kappa shape index (κ1) is 26.0. The van der Waals surface area contributed by atoms with E-state index in [1.165, 1.54) is 14.2 Å². The highest BCUT2D eigenvalue weighted by molar-refractivity contribution is 7.80. The Morgan fingerprint density at radius 2 is 1.66 bits per heavy atom. The number of carbonyl (C=O) groups is 2. The molecule has 0 aromatic heterocycles. The number of carbonyl (C=O) groups excluding carboxylic acids is 2. The van der Waals surface area contributed by atoms with Crippen molar-refractivity contribution in [3.8, 4) is 11.5 Å². The molecule has 0 aliphatic carbocycles. The van der Waals surface area contributed by atoms with E-state index in [1.54, 1.807) is 49.4 Å². The van der Waals surface area contributed by atoms with Gasteiger partial charge < -0.3 is 34.5 Å². The highest BCUT2D eigenvalue weighted by Crippen LogP contribution is 2.31. The predicted octanol–water partition coefficient (Wildman–Crippen LogP) is 3.28. The summed E-state index contributed by atoms with van der Waals surface area (Å²) in [5.74, 6) is 0.268. The number of benzene rings is 2. The minimum Gasteiger partial charge on any atom is -0.497 e. The van der Waals surface area contributed by atoms with Gasteiger partial charge in [-0.3, -0.25) is 4.79 Å². The molecule has 2 aromatic carbocycles. The third-order valence-corrected chi connectivity index (χ3v) is 6.00. The second kappa shape index (κ2) is 11.7. The van der Waals surface area contributed by atoms with Gasteiger partial charge in [-0.15, -0.1) is 0 Å². The van der Waals surface area contributed by atoms with Crippen LogP contribution in [0, 0.1) is 0 Å². The highest BCUT2D eigenvalue weighted by Gasteiger charge is 2.33.